The molecule has 0 aromatic heterocycles. The highest BCUT2D eigenvalue weighted by Gasteiger charge is 2.21. The van der Waals surface area contributed by atoms with Crippen LogP contribution in [0.15, 0.2) is 48.5 Å². The van der Waals surface area contributed by atoms with Gasteiger partial charge in [0.1, 0.15) is 0 Å². The van der Waals surface area contributed by atoms with Gasteiger partial charge in [-0.15, -0.1) is 0 Å². The first-order valence-corrected chi connectivity index (χ1v) is 7.51. The molecule has 0 radical (unpaired) electrons. The molecule has 0 aliphatic carbocycles. The van der Waals surface area contributed by atoms with Gasteiger partial charge in [-0.25, -0.2) is 0 Å². The molecule has 0 bridgehead atoms. The molecule has 2 aromatic rings. The summed E-state index contributed by atoms with van der Waals surface area (Å²) in [5, 5.41) is 13.3. The summed E-state index contributed by atoms with van der Waals surface area (Å²) in [4.78, 5) is 35.7. The molecule has 0 saturated carbocycles. The van der Waals surface area contributed by atoms with Crippen LogP contribution in [0.1, 0.15) is 23.2 Å². The van der Waals surface area contributed by atoms with Crippen molar-refractivity contribution >= 4 is 28.9 Å². The number of nitro benzene ring substituents is 1. The first-order valence-electron chi connectivity index (χ1n) is 7.51. The van der Waals surface area contributed by atoms with E-state index >= 15 is 0 Å². The smallest absolute Gasteiger partial charge is 0.269 e. The largest absolute Gasteiger partial charge is 0.322 e. The van der Waals surface area contributed by atoms with Crippen molar-refractivity contribution in [2.24, 2.45) is 0 Å². The minimum absolute atomic E-state index is 0.0346. The van der Waals surface area contributed by atoms with E-state index in [1.165, 1.54) is 24.3 Å². The van der Waals surface area contributed by atoms with Crippen molar-refractivity contribution in [1.82, 2.24) is 0 Å². The third-order valence-electron chi connectivity index (χ3n) is 3.85. The third kappa shape index (κ3) is 3.24. The Bertz CT molecular complexity index is 784. The van der Waals surface area contributed by atoms with Gasteiger partial charge in [-0.05, 0) is 42.8 Å². The quantitative estimate of drug-likeness (QED) is 0.691. The van der Waals surface area contributed by atoms with E-state index in [1.807, 2.05) is 0 Å². The number of rotatable bonds is 4. The van der Waals surface area contributed by atoms with E-state index in [2.05, 4.69) is 5.32 Å². The number of nitro groups is 1. The summed E-state index contributed by atoms with van der Waals surface area (Å²) >= 11 is 0. The van der Waals surface area contributed by atoms with Crippen molar-refractivity contribution in [3.8, 4) is 0 Å². The second kappa shape index (κ2) is 6.49. The van der Waals surface area contributed by atoms with Crippen LogP contribution in [0.2, 0.25) is 0 Å². The number of hydrogen-bond donors (Lipinski definition) is 1. The van der Waals surface area contributed by atoms with E-state index in [1.54, 1.807) is 29.2 Å². The molecule has 1 aliphatic heterocycles. The Balaban J connectivity index is 1.68. The Morgan fingerprint density at radius 2 is 1.75 bits per heavy atom. The SMILES string of the molecule is O=C(Nc1ccc([N+](=O)[O-])cc1)c1ccc(N2CCCC2=O)cc1. The summed E-state index contributed by atoms with van der Waals surface area (Å²) in [7, 11) is 0. The average Bonchev–Trinajstić information content (AvgIpc) is 3.01. The number of nitrogens with one attached hydrogen (secondary N) is 1. The Labute approximate surface area is 138 Å². The highest BCUT2D eigenvalue weighted by molar-refractivity contribution is 6.04. The molecular weight excluding hydrogens is 310 g/mol. The van der Waals surface area contributed by atoms with Gasteiger partial charge in [-0.1, -0.05) is 0 Å². The first-order chi connectivity index (χ1) is 11.5. The fourth-order valence-corrected chi connectivity index (χ4v) is 2.58. The first kappa shape index (κ1) is 15.7. The van der Waals surface area contributed by atoms with Gasteiger partial charge in [0.25, 0.3) is 11.6 Å². The van der Waals surface area contributed by atoms with E-state index in [-0.39, 0.29) is 17.5 Å². The number of nitrogens with zero attached hydrogens (tertiary/aromatic N) is 2. The summed E-state index contributed by atoms with van der Waals surface area (Å²) < 4.78 is 0. The summed E-state index contributed by atoms with van der Waals surface area (Å²) in [6.07, 6.45) is 1.41. The lowest BCUT2D eigenvalue weighted by Crippen LogP contribution is -2.23. The van der Waals surface area contributed by atoms with Gasteiger partial charge in [-0.2, -0.15) is 0 Å². The molecule has 0 unspecified atom stereocenters. The molecule has 3 rings (SSSR count). The van der Waals surface area contributed by atoms with Gasteiger partial charge >= 0.3 is 0 Å². The summed E-state index contributed by atoms with van der Waals surface area (Å²) in [6.45, 7) is 0.702. The van der Waals surface area contributed by atoms with Crippen LogP contribution in [0.5, 0.6) is 0 Å². The van der Waals surface area contributed by atoms with Crippen LogP contribution >= 0.6 is 0 Å². The monoisotopic (exact) mass is 325 g/mol. The number of hydrogen-bond acceptors (Lipinski definition) is 4. The maximum Gasteiger partial charge on any atom is 0.269 e. The molecular formula is C17H15N3O4. The minimum atomic E-state index is -0.496. The number of amides is 2. The second-order valence-electron chi connectivity index (χ2n) is 5.45. The van der Waals surface area contributed by atoms with Crippen LogP contribution in [0, 0.1) is 10.1 Å². The lowest BCUT2D eigenvalue weighted by Gasteiger charge is -2.15. The van der Waals surface area contributed by atoms with Crippen molar-refractivity contribution in [3.05, 3.63) is 64.2 Å². The molecule has 2 amide bonds. The molecule has 7 nitrogen and oxygen atoms in total. The van der Waals surface area contributed by atoms with Gasteiger partial charge in [0.2, 0.25) is 5.91 Å². The predicted octanol–water partition coefficient (Wildman–Crippen LogP) is 2.97. The van der Waals surface area contributed by atoms with Gasteiger partial charge in [0.05, 0.1) is 4.92 Å². The summed E-state index contributed by atoms with van der Waals surface area (Å²) in [5.41, 5.74) is 1.67. The normalized spacial score (nSPS) is 13.8. The highest BCUT2D eigenvalue weighted by Crippen LogP contribution is 2.22. The molecule has 0 atom stereocenters. The van der Waals surface area contributed by atoms with Crippen LogP contribution in [-0.4, -0.2) is 23.3 Å². The molecule has 24 heavy (non-hydrogen) atoms. The molecule has 0 spiro atoms. The minimum Gasteiger partial charge on any atom is -0.322 e. The maximum absolute atomic E-state index is 12.2. The van der Waals surface area contributed by atoms with Crippen molar-refractivity contribution in [1.29, 1.82) is 0 Å². The fourth-order valence-electron chi connectivity index (χ4n) is 2.58. The Morgan fingerprint density at radius 1 is 1.08 bits per heavy atom. The number of carbonyl (C=O) groups is 2. The zero-order valence-electron chi connectivity index (χ0n) is 12.8. The van der Waals surface area contributed by atoms with Gasteiger partial charge in [0.15, 0.2) is 0 Å². The Morgan fingerprint density at radius 3 is 2.29 bits per heavy atom. The van der Waals surface area contributed by atoms with Crippen molar-refractivity contribution in [2.75, 3.05) is 16.8 Å². The molecule has 1 heterocycles. The zero-order chi connectivity index (χ0) is 17.1. The number of anilines is 2. The van der Waals surface area contributed by atoms with Crippen molar-refractivity contribution in [3.63, 3.8) is 0 Å². The second-order valence-corrected chi connectivity index (χ2v) is 5.45. The van der Waals surface area contributed by atoms with Crippen LogP contribution in [0.4, 0.5) is 17.1 Å². The topological polar surface area (TPSA) is 92.5 Å². The number of benzene rings is 2. The van der Waals surface area contributed by atoms with E-state index in [9.17, 15) is 19.7 Å². The molecule has 1 N–H and O–H groups in total. The zero-order valence-corrected chi connectivity index (χ0v) is 12.8. The molecule has 1 saturated heterocycles. The van der Waals surface area contributed by atoms with Crippen molar-refractivity contribution in [2.45, 2.75) is 12.8 Å². The van der Waals surface area contributed by atoms with E-state index in [4.69, 9.17) is 0 Å². The van der Waals surface area contributed by atoms with Crippen molar-refractivity contribution < 1.29 is 14.5 Å². The fraction of sp³-hybridized carbons (Fsp3) is 0.176. The lowest BCUT2D eigenvalue weighted by molar-refractivity contribution is -0.384. The predicted molar refractivity (Wildman–Crippen MR) is 89.1 cm³/mol. The molecule has 122 valence electrons. The van der Waals surface area contributed by atoms with E-state index in [0.717, 1.165) is 12.1 Å². The Kier molecular flexibility index (Phi) is 4.24. The van der Waals surface area contributed by atoms with Crippen LogP contribution < -0.4 is 10.2 Å². The molecule has 1 aliphatic rings. The highest BCUT2D eigenvalue weighted by atomic mass is 16.6. The lowest BCUT2D eigenvalue weighted by atomic mass is 10.1. The van der Waals surface area contributed by atoms with E-state index in [0.29, 0.717) is 24.2 Å². The molecule has 7 heteroatoms. The maximum atomic E-state index is 12.2. The van der Waals surface area contributed by atoms with Crippen LogP contribution in [-0.2, 0) is 4.79 Å². The van der Waals surface area contributed by atoms with Gasteiger partial charge in [0, 0.05) is 42.0 Å². The summed E-state index contributed by atoms with van der Waals surface area (Å²) in [6, 6.07) is 12.4. The average molecular weight is 325 g/mol. The standard InChI is InChI=1S/C17H15N3O4/c21-16-2-1-11-19(16)14-7-3-12(4-8-14)17(22)18-13-5-9-15(10-6-13)20(23)24/h3-10H,1-2,11H2,(H,18,22). The number of carbonyl (C=O) groups excluding carboxylic acids is 2. The van der Waals surface area contributed by atoms with Gasteiger partial charge < -0.3 is 10.2 Å². The third-order valence-corrected chi connectivity index (χ3v) is 3.85. The molecule has 2 aromatic carbocycles. The molecule has 1 fully saturated rings. The van der Waals surface area contributed by atoms with E-state index < -0.39 is 4.92 Å². The Hall–Kier alpha value is -3.22. The van der Waals surface area contributed by atoms with Crippen LogP contribution in [0.3, 0.4) is 0 Å². The van der Waals surface area contributed by atoms with Gasteiger partial charge in [-0.3, -0.25) is 19.7 Å². The van der Waals surface area contributed by atoms with Crippen LogP contribution in [0.25, 0.3) is 0 Å². The number of non-ortho nitro benzene ring substituents is 1. The summed E-state index contributed by atoms with van der Waals surface area (Å²) in [5.74, 6) is -0.221.